The summed E-state index contributed by atoms with van der Waals surface area (Å²) >= 11 is 1.51. The molecular weight excluding hydrogens is 562 g/mol. The Kier molecular flexibility index (Phi) is 6.26. The maximum absolute atomic E-state index is 15.0. The van der Waals surface area contributed by atoms with Crippen molar-refractivity contribution in [3.05, 3.63) is 76.3 Å². The molecule has 0 bridgehead atoms. The highest BCUT2D eigenvalue weighted by molar-refractivity contribution is 8.45. The first kappa shape index (κ1) is 27.4. The maximum Gasteiger partial charge on any atom is 0.310 e. The second kappa shape index (κ2) is 8.91. The average molecular weight is 589 g/mol. The molecule has 0 unspecified atom stereocenters. The Labute approximate surface area is 225 Å². The van der Waals surface area contributed by atoms with E-state index in [-0.39, 0.29) is 12.2 Å². The number of hydrogen-bond donors (Lipinski definition) is 0. The number of halogens is 6. The Balaban J connectivity index is 1.20. The fraction of sp³-hybridized carbons (Fsp3) is 0.308. The van der Waals surface area contributed by atoms with E-state index in [9.17, 15) is 24.2 Å². The third-order valence-electron chi connectivity index (χ3n) is 6.80. The van der Waals surface area contributed by atoms with Crippen molar-refractivity contribution in [1.29, 1.82) is 0 Å². The molecule has 0 saturated carbocycles. The molecule has 0 N–H and O–H groups in total. The quantitative estimate of drug-likeness (QED) is 0.162. The van der Waals surface area contributed by atoms with Crippen LogP contribution in [0.25, 0.3) is 4.96 Å². The number of aromatic nitrogens is 2. The molecule has 13 heteroatoms. The minimum absolute atomic E-state index is 0.0629. The lowest BCUT2D eigenvalue weighted by molar-refractivity contribution is 0.0976. The number of fused-ring (bicyclic) bond motifs is 1. The highest BCUT2D eigenvalue weighted by atomic mass is 32.5. The van der Waals surface area contributed by atoms with Crippen molar-refractivity contribution in [2.45, 2.75) is 31.6 Å². The first-order valence-electron chi connectivity index (χ1n) is 12.2. The number of Topliss-reactive ketones (excluding diaryl/α,β-unsaturated/α-hetero) is 1. The molecule has 210 valence electrons. The molecule has 4 aromatic rings. The molecule has 0 aliphatic carbocycles. The van der Waals surface area contributed by atoms with Gasteiger partial charge in [-0.1, -0.05) is 25.5 Å². The van der Waals surface area contributed by atoms with Crippen LogP contribution in [-0.4, -0.2) is 41.3 Å². The van der Waals surface area contributed by atoms with Crippen LogP contribution in [0.3, 0.4) is 0 Å². The lowest BCUT2D eigenvalue weighted by atomic mass is 10.0. The van der Waals surface area contributed by atoms with Crippen LogP contribution in [0.4, 0.5) is 35.2 Å². The topological polar surface area (TPSA) is 40.9 Å². The van der Waals surface area contributed by atoms with E-state index < -0.39 is 20.9 Å². The van der Waals surface area contributed by atoms with Gasteiger partial charge in [-0.3, -0.25) is 9.20 Å². The molecule has 1 fully saturated rings. The number of nitrogens with zero attached hydrogens (tertiary/aromatic N) is 4. The van der Waals surface area contributed by atoms with E-state index in [1.807, 2.05) is 22.4 Å². The van der Waals surface area contributed by atoms with Gasteiger partial charge < -0.3 is 9.80 Å². The van der Waals surface area contributed by atoms with Crippen molar-refractivity contribution >= 4 is 43.7 Å². The molecule has 0 amide bonds. The standard InChI is InChI=1S/C26H26F6N4OS2/c1-17-16-36-25(18(2)33-26(36)38-17)24(37)10-4-19-3-9-23(22(27)15-19)35-13-11-34(12-14-35)20-5-7-21(8-6-20)39(28,29,30,31)32/h3,5-9,15-16H,4,10-14H2,1-2H3. The highest BCUT2D eigenvalue weighted by Gasteiger charge is 2.65. The number of carbonyl (C=O) groups excluding carboxylic acids is 1. The third kappa shape index (κ3) is 5.74. The Morgan fingerprint density at radius 3 is 2.21 bits per heavy atom. The van der Waals surface area contributed by atoms with Gasteiger partial charge in [0.2, 0.25) is 0 Å². The summed E-state index contributed by atoms with van der Waals surface area (Å²) in [7, 11) is -9.71. The smallest absolute Gasteiger partial charge is 0.310 e. The van der Waals surface area contributed by atoms with Crippen LogP contribution in [0.15, 0.2) is 53.6 Å². The van der Waals surface area contributed by atoms with Gasteiger partial charge in [-0.15, -0.1) is 11.3 Å². The molecule has 39 heavy (non-hydrogen) atoms. The second-order valence-corrected chi connectivity index (χ2v) is 13.3. The number of ketones is 1. The van der Waals surface area contributed by atoms with Gasteiger partial charge in [0.15, 0.2) is 10.7 Å². The van der Waals surface area contributed by atoms with Crippen LogP contribution in [0, 0.1) is 19.7 Å². The van der Waals surface area contributed by atoms with Gasteiger partial charge in [0.1, 0.15) is 16.4 Å². The SMILES string of the molecule is Cc1cn2c(C(=O)CCc3ccc(N4CCN(c5ccc(S(F)(F)(F)(F)F)cc5)CC4)c(F)c3)c(C)nc2s1. The number of aryl methyl sites for hydroxylation is 3. The van der Waals surface area contributed by atoms with Gasteiger partial charge in [0.25, 0.3) is 0 Å². The zero-order valence-corrected chi connectivity index (χ0v) is 22.8. The Morgan fingerprint density at radius 1 is 0.949 bits per heavy atom. The fourth-order valence-corrected chi connectivity index (χ4v) is 6.38. The number of anilines is 2. The van der Waals surface area contributed by atoms with Crippen molar-refractivity contribution in [2.75, 3.05) is 36.0 Å². The molecule has 2 aromatic heterocycles. The first-order chi connectivity index (χ1) is 18.1. The second-order valence-electron chi connectivity index (χ2n) is 9.69. The van der Waals surface area contributed by atoms with Gasteiger partial charge in [-0.2, -0.15) is 0 Å². The summed E-state index contributed by atoms with van der Waals surface area (Å²) < 4.78 is 81.7. The number of rotatable bonds is 7. The molecule has 2 aromatic carbocycles. The van der Waals surface area contributed by atoms with Gasteiger partial charge in [0, 0.05) is 49.4 Å². The summed E-state index contributed by atoms with van der Waals surface area (Å²) in [6.07, 6.45) is 2.47. The molecule has 1 saturated heterocycles. The van der Waals surface area contributed by atoms with Crippen LogP contribution in [0.1, 0.15) is 33.0 Å². The predicted molar refractivity (Wildman–Crippen MR) is 144 cm³/mol. The zero-order chi connectivity index (χ0) is 28.2. The van der Waals surface area contributed by atoms with Crippen LogP contribution < -0.4 is 9.80 Å². The molecule has 5 rings (SSSR count). The van der Waals surface area contributed by atoms with E-state index >= 15 is 4.39 Å². The average Bonchev–Trinajstić information content (AvgIpc) is 3.35. The number of benzene rings is 2. The lowest BCUT2D eigenvalue weighted by Gasteiger charge is -2.41. The van der Waals surface area contributed by atoms with Crippen molar-refractivity contribution in [3.8, 4) is 0 Å². The minimum atomic E-state index is -9.71. The Morgan fingerprint density at radius 2 is 1.59 bits per heavy atom. The van der Waals surface area contributed by atoms with Gasteiger partial charge in [-0.05, 0) is 62.2 Å². The third-order valence-corrected chi connectivity index (χ3v) is 8.86. The fourth-order valence-electron chi connectivity index (χ4n) is 4.86. The van der Waals surface area contributed by atoms with Crippen LogP contribution in [0.5, 0.6) is 0 Å². The molecular formula is C26H26F6N4OS2. The van der Waals surface area contributed by atoms with Gasteiger partial charge >= 0.3 is 10.2 Å². The molecule has 0 radical (unpaired) electrons. The zero-order valence-electron chi connectivity index (χ0n) is 21.1. The van der Waals surface area contributed by atoms with E-state index in [4.69, 9.17) is 0 Å². The van der Waals surface area contributed by atoms with E-state index in [1.165, 1.54) is 17.4 Å². The van der Waals surface area contributed by atoms with Crippen molar-refractivity contribution in [1.82, 2.24) is 9.38 Å². The minimum Gasteiger partial charge on any atom is -0.368 e. The molecule has 0 spiro atoms. The number of carbonyl (C=O) groups is 1. The summed E-state index contributed by atoms with van der Waals surface area (Å²) in [5.74, 6) is -0.489. The number of piperazine rings is 1. The molecule has 3 heterocycles. The highest BCUT2D eigenvalue weighted by Crippen LogP contribution is 3.02. The molecule has 0 atom stereocenters. The summed E-state index contributed by atoms with van der Waals surface area (Å²) in [4.78, 5) is 20.9. The summed E-state index contributed by atoms with van der Waals surface area (Å²) in [5, 5.41) is 0. The van der Waals surface area contributed by atoms with E-state index in [0.717, 1.165) is 22.0 Å². The van der Waals surface area contributed by atoms with Crippen molar-refractivity contribution < 1.29 is 28.6 Å². The Hall–Kier alpha value is -3.19. The molecule has 1 aliphatic rings. The van der Waals surface area contributed by atoms with Gasteiger partial charge in [-0.25, -0.2) is 9.37 Å². The monoisotopic (exact) mass is 588 g/mol. The van der Waals surface area contributed by atoms with E-state index in [0.29, 0.717) is 73.1 Å². The lowest BCUT2D eigenvalue weighted by Crippen LogP contribution is -2.46. The number of hydrogen-bond acceptors (Lipinski definition) is 5. The number of imidazole rings is 1. The Bertz CT molecular complexity index is 1560. The maximum atomic E-state index is 15.0. The first-order valence-corrected chi connectivity index (χ1v) is 15.0. The summed E-state index contributed by atoms with van der Waals surface area (Å²) in [6.45, 7) is 5.31. The van der Waals surface area contributed by atoms with Crippen molar-refractivity contribution in [2.24, 2.45) is 0 Å². The largest absolute Gasteiger partial charge is 0.368 e. The molecule has 5 nitrogen and oxygen atoms in total. The molecule has 1 aliphatic heterocycles. The predicted octanol–water partition coefficient (Wildman–Crippen LogP) is 7.95. The number of thiazole rings is 1. The summed E-state index contributed by atoms with van der Waals surface area (Å²) in [5.41, 5.74) is 2.69. The van der Waals surface area contributed by atoms with E-state index in [2.05, 4.69) is 4.98 Å². The summed E-state index contributed by atoms with van der Waals surface area (Å²) in [6, 6.07) is 7.76. The van der Waals surface area contributed by atoms with Crippen LogP contribution >= 0.6 is 21.6 Å². The van der Waals surface area contributed by atoms with Crippen molar-refractivity contribution in [3.63, 3.8) is 0 Å². The van der Waals surface area contributed by atoms with Crippen LogP contribution in [-0.2, 0) is 6.42 Å². The van der Waals surface area contributed by atoms with Crippen LogP contribution in [0.2, 0.25) is 0 Å². The van der Waals surface area contributed by atoms with Gasteiger partial charge in [0.05, 0.1) is 11.4 Å². The normalized spacial score (nSPS) is 16.4. The van der Waals surface area contributed by atoms with E-state index in [1.54, 1.807) is 24.0 Å².